The van der Waals surface area contributed by atoms with Gasteiger partial charge >= 0.3 is 5.97 Å². The summed E-state index contributed by atoms with van der Waals surface area (Å²) in [5.74, 6) is -0.253. The Balaban J connectivity index is 2.72. The van der Waals surface area contributed by atoms with E-state index in [0.717, 1.165) is 4.31 Å². The molecular weight excluding hydrogens is 282 g/mol. The van der Waals surface area contributed by atoms with Crippen LogP contribution in [0.25, 0.3) is 0 Å². The summed E-state index contributed by atoms with van der Waals surface area (Å²) in [7, 11) is -0.340. The van der Waals surface area contributed by atoms with Crippen LogP contribution in [0.5, 0.6) is 0 Å². The van der Waals surface area contributed by atoms with Crippen LogP contribution in [-0.2, 0) is 14.8 Å². The lowest BCUT2D eigenvalue weighted by Crippen LogP contribution is -2.28. The quantitative estimate of drug-likeness (QED) is 0.740. The average molecular weight is 301 g/mol. The van der Waals surface area contributed by atoms with Crippen LogP contribution in [0.15, 0.2) is 18.3 Å². The van der Waals surface area contributed by atoms with E-state index in [-0.39, 0.29) is 24.5 Å². The molecule has 0 aliphatic carbocycles. The normalized spacial score (nSPS) is 11.4. The summed E-state index contributed by atoms with van der Waals surface area (Å²) in [5, 5.41) is 2.85. The Bertz CT molecular complexity index is 558. The highest BCUT2D eigenvalue weighted by Crippen LogP contribution is 2.12. The zero-order valence-corrected chi connectivity index (χ0v) is 12.6. The molecule has 8 heteroatoms. The van der Waals surface area contributed by atoms with Gasteiger partial charge in [-0.3, -0.25) is 0 Å². The lowest BCUT2D eigenvalue weighted by atomic mass is 10.2. The van der Waals surface area contributed by atoms with Gasteiger partial charge in [-0.25, -0.2) is 22.5 Å². The minimum Gasteiger partial charge on any atom is -0.462 e. The Morgan fingerprint density at radius 3 is 2.75 bits per heavy atom. The number of rotatable bonds is 7. The Morgan fingerprint density at radius 1 is 1.45 bits per heavy atom. The van der Waals surface area contributed by atoms with E-state index in [1.807, 2.05) is 0 Å². The standard InChI is InChI=1S/C12H19N3O4S/c1-4-19-12(16)10-6-5-7-13-11(10)14-8-9-20(17,18)15(2)3/h5-7H,4,8-9H2,1-3H3,(H,13,14). The van der Waals surface area contributed by atoms with Crippen LogP contribution in [0.3, 0.4) is 0 Å². The number of carbonyl (C=O) groups excluding carboxylic acids is 1. The van der Waals surface area contributed by atoms with Crippen molar-refractivity contribution in [3.63, 3.8) is 0 Å². The highest BCUT2D eigenvalue weighted by molar-refractivity contribution is 7.89. The third kappa shape index (κ3) is 4.46. The molecule has 1 aromatic rings. The van der Waals surface area contributed by atoms with Gasteiger partial charge in [0.15, 0.2) is 0 Å². The molecule has 0 spiro atoms. The van der Waals surface area contributed by atoms with Gasteiger partial charge in [-0.2, -0.15) is 0 Å². The molecule has 7 nitrogen and oxygen atoms in total. The van der Waals surface area contributed by atoms with Crippen molar-refractivity contribution in [3.8, 4) is 0 Å². The molecule has 1 N–H and O–H groups in total. The van der Waals surface area contributed by atoms with E-state index in [2.05, 4.69) is 10.3 Å². The topological polar surface area (TPSA) is 88.6 Å². The van der Waals surface area contributed by atoms with Gasteiger partial charge in [0.2, 0.25) is 10.0 Å². The van der Waals surface area contributed by atoms with Crippen molar-refractivity contribution >= 4 is 21.8 Å². The van der Waals surface area contributed by atoms with E-state index in [0.29, 0.717) is 5.82 Å². The number of pyridine rings is 1. The maximum absolute atomic E-state index is 11.7. The molecule has 0 aliphatic rings. The monoisotopic (exact) mass is 301 g/mol. The Kier molecular flexibility index (Phi) is 5.90. The fourth-order valence-corrected chi connectivity index (χ4v) is 2.13. The molecule has 0 radical (unpaired) electrons. The molecule has 20 heavy (non-hydrogen) atoms. The summed E-state index contributed by atoms with van der Waals surface area (Å²) in [6.45, 7) is 2.14. The van der Waals surface area contributed by atoms with Gasteiger partial charge in [-0.05, 0) is 19.1 Å². The Hall–Kier alpha value is -1.67. The largest absolute Gasteiger partial charge is 0.462 e. The van der Waals surface area contributed by atoms with Gasteiger partial charge < -0.3 is 10.1 Å². The first-order valence-electron chi connectivity index (χ1n) is 6.14. The first kappa shape index (κ1) is 16.4. The zero-order valence-electron chi connectivity index (χ0n) is 11.8. The lowest BCUT2D eigenvalue weighted by molar-refractivity contribution is 0.0527. The molecule has 0 saturated heterocycles. The van der Waals surface area contributed by atoms with Crippen molar-refractivity contribution < 1.29 is 17.9 Å². The highest BCUT2D eigenvalue weighted by Gasteiger charge is 2.16. The molecule has 1 rings (SSSR count). The number of sulfonamides is 1. The second-order valence-corrected chi connectivity index (χ2v) is 6.45. The van der Waals surface area contributed by atoms with Gasteiger partial charge in [-0.15, -0.1) is 0 Å². The minimum absolute atomic E-state index is 0.0845. The molecule has 0 fully saturated rings. The molecule has 1 heterocycles. The summed E-state index contributed by atoms with van der Waals surface area (Å²) >= 11 is 0. The zero-order chi connectivity index (χ0) is 15.2. The van der Waals surface area contributed by atoms with Crippen molar-refractivity contribution in [1.82, 2.24) is 9.29 Å². The van der Waals surface area contributed by atoms with Gasteiger partial charge in [0.25, 0.3) is 0 Å². The van der Waals surface area contributed by atoms with E-state index in [1.165, 1.54) is 20.3 Å². The number of nitrogens with one attached hydrogen (secondary N) is 1. The number of carbonyl (C=O) groups is 1. The summed E-state index contributed by atoms with van der Waals surface area (Å²) in [6, 6.07) is 3.20. The summed E-state index contributed by atoms with van der Waals surface area (Å²) in [5.41, 5.74) is 0.289. The lowest BCUT2D eigenvalue weighted by Gasteiger charge is -2.13. The molecule has 0 aromatic carbocycles. The second kappa shape index (κ2) is 7.20. The van der Waals surface area contributed by atoms with Gasteiger partial charge in [0, 0.05) is 26.8 Å². The smallest absolute Gasteiger partial charge is 0.341 e. The third-order valence-corrected chi connectivity index (χ3v) is 4.34. The van der Waals surface area contributed by atoms with Gasteiger partial charge in [-0.1, -0.05) is 0 Å². The predicted molar refractivity (Wildman–Crippen MR) is 76.2 cm³/mol. The van der Waals surface area contributed by atoms with Crippen molar-refractivity contribution in [1.29, 1.82) is 0 Å². The maximum Gasteiger partial charge on any atom is 0.341 e. The molecular formula is C12H19N3O4S. The minimum atomic E-state index is -3.28. The van der Waals surface area contributed by atoms with E-state index in [1.54, 1.807) is 19.1 Å². The van der Waals surface area contributed by atoms with Crippen LogP contribution < -0.4 is 5.32 Å². The molecule has 1 aromatic heterocycles. The number of hydrogen-bond donors (Lipinski definition) is 1. The van der Waals surface area contributed by atoms with Crippen molar-refractivity contribution in [2.75, 3.05) is 38.3 Å². The van der Waals surface area contributed by atoms with Crippen molar-refractivity contribution in [2.45, 2.75) is 6.92 Å². The number of nitrogens with zero attached hydrogens (tertiary/aromatic N) is 2. The van der Waals surface area contributed by atoms with Crippen molar-refractivity contribution in [2.24, 2.45) is 0 Å². The first-order chi connectivity index (χ1) is 9.38. The highest BCUT2D eigenvalue weighted by atomic mass is 32.2. The van der Waals surface area contributed by atoms with Gasteiger partial charge in [0.1, 0.15) is 11.4 Å². The number of ether oxygens (including phenoxy) is 1. The molecule has 0 bridgehead atoms. The fourth-order valence-electron chi connectivity index (χ4n) is 1.40. The molecule has 0 atom stereocenters. The van der Waals surface area contributed by atoms with E-state index in [9.17, 15) is 13.2 Å². The molecule has 0 unspecified atom stereocenters. The van der Waals surface area contributed by atoms with E-state index >= 15 is 0 Å². The number of esters is 1. The number of aromatic nitrogens is 1. The molecule has 0 saturated carbocycles. The maximum atomic E-state index is 11.7. The SMILES string of the molecule is CCOC(=O)c1cccnc1NCCS(=O)(=O)N(C)C. The average Bonchev–Trinajstić information content (AvgIpc) is 2.39. The molecule has 112 valence electrons. The Morgan fingerprint density at radius 2 is 2.15 bits per heavy atom. The van der Waals surface area contributed by atoms with Crippen molar-refractivity contribution in [3.05, 3.63) is 23.9 Å². The van der Waals surface area contributed by atoms with Crippen LogP contribution in [0.2, 0.25) is 0 Å². The van der Waals surface area contributed by atoms with E-state index < -0.39 is 16.0 Å². The van der Waals surface area contributed by atoms with Crippen LogP contribution >= 0.6 is 0 Å². The Labute approximate surface area is 119 Å². The second-order valence-electron chi connectivity index (χ2n) is 4.15. The summed E-state index contributed by atoms with van der Waals surface area (Å²) in [6.07, 6.45) is 1.52. The third-order valence-electron chi connectivity index (χ3n) is 2.51. The van der Waals surface area contributed by atoms with E-state index in [4.69, 9.17) is 4.74 Å². The summed E-state index contributed by atoms with van der Waals surface area (Å²) < 4.78 is 29.3. The van der Waals surface area contributed by atoms with Crippen LogP contribution in [0, 0.1) is 0 Å². The van der Waals surface area contributed by atoms with Crippen LogP contribution in [-0.4, -0.2) is 56.7 Å². The van der Waals surface area contributed by atoms with Gasteiger partial charge in [0.05, 0.1) is 12.4 Å². The number of hydrogen-bond acceptors (Lipinski definition) is 6. The predicted octanol–water partition coefficient (Wildman–Crippen LogP) is 0.562. The number of anilines is 1. The molecule has 0 amide bonds. The van der Waals surface area contributed by atoms with Crippen LogP contribution in [0.4, 0.5) is 5.82 Å². The summed E-state index contributed by atoms with van der Waals surface area (Å²) in [4.78, 5) is 15.7. The first-order valence-corrected chi connectivity index (χ1v) is 7.75. The molecule has 0 aliphatic heterocycles. The van der Waals surface area contributed by atoms with Crippen LogP contribution in [0.1, 0.15) is 17.3 Å². The fraction of sp³-hybridized carbons (Fsp3) is 0.500.